The zero-order chi connectivity index (χ0) is 13.8. The summed E-state index contributed by atoms with van der Waals surface area (Å²) in [5, 5.41) is 0. The van der Waals surface area contributed by atoms with Gasteiger partial charge in [-0.05, 0) is 28.8 Å². The Morgan fingerprint density at radius 2 is 2.28 bits per heavy atom. The van der Waals surface area contributed by atoms with Crippen molar-refractivity contribution >= 4 is 26.0 Å². The molecule has 0 aliphatic rings. The van der Waals surface area contributed by atoms with E-state index in [0.29, 0.717) is 12.3 Å². The first-order valence-corrected chi connectivity index (χ1v) is 7.72. The van der Waals surface area contributed by atoms with Gasteiger partial charge in [0.15, 0.2) is 4.67 Å². The summed E-state index contributed by atoms with van der Waals surface area (Å²) in [6.07, 6.45) is 3.28. The van der Waals surface area contributed by atoms with Crippen molar-refractivity contribution in [2.45, 2.75) is 24.3 Å². The fourth-order valence-electron chi connectivity index (χ4n) is 1.42. The number of sulfonamides is 1. The Balaban J connectivity index is 2.90. The van der Waals surface area contributed by atoms with Gasteiger partial charge in [0.1, 0.15) is 10.7 Å². The summed E-state index contributed by atoms with van der Waals surface area (Å²) >= 11 is 3.10. The van der Waals surface area contributed by atoms with Crippen molar-refractivity contribution in [3.8, 4) is 0 Å². The van der Waals surface area contributed by atoms with Crippen LogP contribution in [0.5, 0.6) is 0 Å². The molecule has 7 heteroatoms. The second-order valence-electron chi connectivity index (χ2n) is 3.81. The lowest BCUT2D eigenvalue weighted by Gasteiger charge is -2.15. The Bertz CT molecular complexity index is 510. The minimum atomic E-state index is -3.54. The van der Waals surface area contributed by atoms with Gasteiger partial charge in [-0.25, -0.2) is 12.7 Å². The van der Waals surface area contributed by atoms with E-state index in [1.807, 2.05) is 0 Å². The summed E-state index contributed by atoms with van der Waals surface area (Å²) in [7, 11) is -1.99. The van der Waals surface area contributed by atoms with E-state index < -0.39 is 10.0 Å². The second kappa shape index (κ2) is 6.51. The minimum Gasteiger partial charge on any atom is -0.452 e. The topological polar surface area (TPSA) is 76.5 Å². The number of hydrogen-bond donors (Lipinski definition) is 1. The molecule has 1 aromatic rings. The third-order valence-corrected chi connectivity index (χ3v) is 5.19. The van der Waals surface area contributed by atoms with Gasteiger partial charge in [0, 0.05) is 19.7 Å². The molecule has 1 aromatic heterocycles. The molecule has 0 aromatic carbocycles. The van der Waals surface area contributed by atoms with Crippen molar-refractivity contribution in [2.24, 2.45) is 5.73 Å². The first kappa shape index (κ1) is 15.4. The van der Waals surface area contributed by atoms with Crippen LogP contribution in [0.4, 0.5) is 0 Å². The zero-order valence-electron chi connectivity index (χ0n) is 10.2. The van der Waals surface area contributed by atoms with Crippen molar-refractivity contribution in [2.75, 3.05) is 13.6 Å². The Morgan fingerprint density at radius 3 is 2.78 bits per heavy atom. The average molecular weight is 337 g/mol. The smallest absolute Gasteiger partial charge is 0.247 e. The number of rotatable bonds is 7. The number of nitrogens with zero attached hydrogens (tertiary/aromatic N) is 1. The van der Waals surface area contributed by atoms with E-state index >= 15 is 0 Å². The van der Waals surface area contributed by atoms with Crippen molar-refractivity contribution in [3.05, 3.63) is 29.2 Å². The van der Waals surface area contributed by atoms with Gasteiger partial charge < -0.3 is 10.2 Å². The highest BCUT2D eigenvalue weighted by Crippen LogP contribution is 2.28. The van der Waals surface area contributed by atoms with Crippen LogP contribution >= 0.6 is 15.9 Å². The predicted molar refractivity (Wildman–Crippen MR) is 73.5 cm³/mol. The second-order valence-corrected chi connectivity index (χ2v) is 6.55. The van der Waals surface area contributed by atoms with Gasteiger partial charge in [-0.3, -0.25) is 0 Å². The molecule has 0 aliphatic carbocycles. The van der Waals surface area contributed by atoms with E-state index in [1.165, 1.54) is 10.4 Å². The first-order chi connectivity index (χ1) is 8.43. The van der Waals surface area contributed by atoms with E-state index in [4.69, 9.17) is 10.2 Å². The van der Waals surface area contributed by atoms with Gasteiger partial charge in [-0.2, -0.15) is 0 Å². The van der Waals surface area contributed by atoms with E-state index in [2.05, 4.69) is 22.5 Å². The van der Waals surface area contributed by atoms with Gasteiger partial charge in [0.2, 0.25) is 10.0 Å². The molecule has 0 aliphatic heterocycles. The highest BCUT2D eigenvalue weighted by Gasteiger charge is 2.26. The SMILES string of the molecule is C=CCCCN(C)S(=O)(=O)c1cc(CN)oc1Br. The molecule has 1 rings (SSSR count). The number of unbranched alkanes of at least 4 members (excludes halogenated alkanes) is 1. The predicted octanol–water partition coefficient (Wildman–Crippen LogP) is 2.09. The summed E-state index contributed by atoms with van der Waals surface area (Å²) in [5.41, 5.74) is 5.42. The lowest BCUT2D eigenvalue weighted by Crippen LogP contribution is -2.27. The summed E-state index contributed by atoms with van der Waals surface area (Å²) in [6.45, 7) is 4.20. The maximum atomic E-state index is 12.2. The molecule has 0 bridgehead atoms. The molecule has 0 atom stereocenters. The monoisotopic (exact) mass is 336 g/mol. The fraction of sp³-hybridized carbons (Fsp3) is 0.455. The normalized spacial score (nSPS) is 12.0. The van der Waals surface area contributed by atoms with Crippen molar-refractivity contribution in [3.63, 3.8) is 0 Å². The lowest BCUT2D eigenvalue weighted by molar-refractivity contribution is 0.455. The van der Waals surface area contributed by atoms with Gasteiger partial charge in [0.25, 0.3) is 0 Å². The maximum absolute atomic E-state index is 12.2. The third kappa shape index (κ3) is 3.44. The molecule has 0 fully saturated rings. The van der Waals surface area contributed by atoms with Gasteiger partial charge in [0.05, 0.1) is 6.54 Å². The molecule has 0 spiro atoms. The molecule has 0 saturated carbocycles. The molecule has 0 unspecified atom stereocenters. The highest BCUT2D eigenvalue weighted by atomic mass is 79.9. The quantitative estimate of drug-likeness (QED) is 0.611. The van der Waals surface area contributed by atoms with Crippen LogP contribution in [0, 0.1) is 0 Å². The molecular weight excluding hydrogens is 320 g/mol. The van der Waals surface area contributed by atoms with Crippen LogP contribution in [0.25, 0.3) is 0 Å². The molecule has 0 saturated heterocycles. The van der Waals surface area contributed by atoms with Crippen molar-refractivity contribution in [1.29, 1.82) is 0 Å². The Labute approximate surface area is 116 Å². The van der Waals surface area contributed by atoms with Gasteiger partial charge >= 0.3 is 0 Å². The van der Waals surface area contributed by atoms with Crippen LogP contribution in [-0.4, -0.2) is 26.3 Å². The van der Waals surface area contributed by atoms with E-state index in [0.717, 1.165) is 12.8 Å². The Kier molecular flexibility index (Phi) is 5.58. The number of furan rings is 1. The first-order valence-electron chi connectivity index (χ1n) is 5.49. The van der Waals surface area contributed by atoms with Crippen LogP contribution in [0.2, 0.25) is 0 Å². The number of allylic oxidation sites excluding steroid dienone is 1. The minimum absolute atomic E-state index is 0.115. The average Bonchev–Trinajstić information content (AvgIpc) is 2.71. The van der Waals surface area contributed by atoms with E-state index in [9.17, 15) is 8.42 Å². The van der Waals surface area contributed by atoms with Gasteiger partial charge in [-0.1, -0.05) is 6.08 Å². The van der Waals surface area contributed by atoms with Crippen LogP contribution in [-0.2, 0) is 16.6 Å². The van der Waals surface area contributed by atoms with Crippen molar-refractivity contribution in [1.82, 2.24) is 4.31 Å². The lowest BCUT2D eigenvalue weighted by atomic mass is 10.3. The molecular formula is C11H17BrN2O3S. The standard InChI is InChI=1S/C11H17BrN2O3S/c1-3-4-5-6-14(2)18(15,16)10-7-9(8-13)17-11(10)12/h3,7H,1,4-6,8,13H2,2H3. The largest absolute Gasteiger partial charge is 0.452 e. The molecule has 102 valence electrons. The molecule has 1 heterocycles. The number of hydrogen-bond acceptors (Lipinski definition) is 4. The number of halogens is 1. The number of nitrogens with two attached hydrogens (primary N) is 1. The van der Waals surface area contributed by atoms with Gasteiger partial charge in [-0.15, -0.1) is 6.58 Å². The molecule has 5 nitrogen and oxygen atoms in total. The summed E-state index contributed by atoms with van der Waals surface area (Å²) in [6, 6.07) is 1.45. The summed E-state index contributed by atoms with van der Waals surface area (Å²) in [4.78, 5) is 0.115. The van der Waals surface area contributed by atoms with E-state index in [1.54, 1.807) is 13.1 Å². The highest BCUT2D eigenvalue weighted by molar-refractivity contribution is 9.10. The van der Waals surface area contributed by atoms with Crippen LogP contribution in [0.1, 0.15) is 18.6 Å². The Hall–Kier alpha value is -0.630. The third-order valence-electron chi connectivity index (χ3n) is 2.48. The maximum Gasteiger partial charge on any atom is 0.247 e. The van der Waals surface area contributed by atoms with Crippen LogP contribution < -0.4 is 5.73 Å². The van der Waals surface area contributed by atoms with Crippen LogP contribution in [0.3, 0.4) is 0 Å². The molecule has 2 N–H and O–H groups in total. The molecule has 0 amide bonds. The summed E-state index contributed by atoms with van der Waals surface area (Å²) < 4.78 is 31.2. The van der Waals surface area contributed by atoms with Crippen LogP contribution in [0.15, 0.2) is 32.7 Å². The molecule has 0 radical (unpaired) electrons. The molecule has 18 heavy (non-hydrogen) atoms. The fourth-order valence-corrected chi connectivity index (χ4v) is 3.59. The van der Waals surface area contributed by atoms with E-state index in [-0.39, 0.29) is 16.1 Å². The summed E-state index contributed by atoms with van der Waals surface area (Å²) in [5.74, 6) is 0.431. The Morgan fingerprint density at radius 1 is 1.61 bits per heavy atom. The zero-order valence-corrected chi connectivity index (χ0v) is 12.6. The van der Waals surface area contributed by atoms with Crippen molar-refractivity contribution < 1.29 is 12.8 Å².